The van der Waals surface area contributed by atoms with Gasteiger partial charge in [0, 0.05) is 18.4 Å². The van der Waals surface area contributed by atoms with Gasteiger partial charge in [-0.2, -0.15) is 0 Å². The highest BCUT2D eigenvalue weighted by molar-refractivity contribution is 7.25. The SMILES string of the molecule is O=PC(O)(Cc1c(F)c(F)c(F)c(F)c1F)[C@@H](CCC(=O)O)C(=O)O. The molecule has 1 unspecified atom stereocenters. The molecule has 0 amide bonds. The van der Waals surface area contributed by atoms with Crippen molar-refractivity contribution in [3.05, 3.63) is 34.6 Å². The van der Waals surface area contributed by atoms with Crippen molar-refractivity contribution in [1.82, 2.24) is 0 Å². The van der Waals surface area contributed by atoms with E-state index >= 15 is 0 Å². The number of carboxylic acids is 2. The van der Waals surface area contributed by atoms with Crippen LogP contribution in [0.3, 0.4) is 0 Å². The van der Waals surface area contributed by atoms with Crippen molar-refractivity contribution in [1.29, 1.82) is 0 Å². The van der Waals surface area contributed by atoms with E-state index in [9.17, 15) is 41.2 Å². The third-order valence-electron chi connectivity index (χ3n) is 3.40. The summed E-state index contributed by atoms with van der Waals surface area (Å²) in [4.78, 5) is 21.7. The largest absolute Gasteiger partial charge is 0.481 e. The Kier molecular flexibility index (Phi) is 6.55. The normalized spacial score (nSPS) is 15.0. The molecule has 1 rings (SSSR count). The van der Waals surface area contributed by atoms with Crippen LogP contribution in [0.25, 0.3) is 0 Å². The Bertz CT molecular complexity index is 698. The Labute approximate surface area is 138 Å². The van der Waals surface area contributed by atoms with Gasteiger partial charge < -0.3 is 15.3 Å². The van der Waals surface area contributed by atoms with Crippen LogP contribution in [0.1, 0.15) is 18.4 Å². The second-order valence-corrected chi connectivity index (χ2v) is 5.98. The first-order valence-corrected chi connectivity index (χ1v) is 7.29. The van der Waals surface area contributed by atoms with Gasteiger partial charge >= 0.3 is 11.9 Å². The summed E-state index contributed by atoms with van der Waals surface area (Å²) in [6, 6.07) is 0. The number of halogens is 5. The van der Waals surface area contributed by atoms with Gasteiger partial charge in [0.1, 0.15) is 0 Å². The first-order valence-electron chi connectivity index (χ1n) is 6.48. The molecule has 0 fully saturated rings. The number of rotatable bonds is 8. The third-order valence-corrected chi connectivity index (χ3v) is 4.18. The van der Waals surface area contributed by atoms with Crippen LogP contribution in [0.2, 0.25) is 0 Å². The minimum atomic E-state index is -3.00. The molecule has 0 aliphatic carbocycles. The molecule has 6 nitrogen and oxygen atoms in total. The van der Waals surface area contributed by atoms with Gasteiger partial charge in [-0.3, -0.25) is 14.2 Å². The topological polar surface area (TPSA) is 112 Å². The maximum Gasteiger partial charge on any atom is 0.310 e. The zero-order valence-electron chi connectivity index (χ0n) is 12.1. The van der Waals surface area contributed by atoms with Crippen molar-refractivity contribution >= 4 is 20.4 Å². The van der Waals surface area contributed by atoms with E-state index in [0.29, 0.717) is 0 Å². The first-order chi connectivity index (χ1) is 11.5. The average molecular weight is 388 g/mol. The molecule has 138 valence electrons. The first kappa shape index (κ1) is 20.9. The number of hydrogen-bond acceptors (Lipinski definition) is 4. The average Bonchev–Trinajstić information content (AvgIpc) is 2.54. The molecule has 0 aliphatic rings. The van der Waals surface area contributed by atoms with Crippen molar-refractivity contribution in [2.75, 3.05) is 0 Å². The Morgan fingerprint density at radius 2 is 1.40 bits per heavy atom. The van der Waals surface area contributed by atoms with Crippen LogP contribution in [-0.4, -0.2) is 32.6 Å². The molecule has 25 heavy (non-hydrogen) atoms. The molecule has 0 radical (unpaired) electrons. The van der Waals surface area contributed by atoms with Crippen LogP contribution in [0.5, 0.6) is 0 Å². The second kappa shape index (κ2) is 7.83. The monoisotopic (exact) mass is 388 g/mol. The molecule has 0 aromatic heterocycles. The molecule has 1 aromatic rings. The van der Waals surface area contributed by atoms with Gasteiger partial charge in [-0.25, -0.2) is 22.0 Å². The molecule has 0 bridgehead atoms. The molecular formula is C13H10F5O6P. The molecule has 0 heterocycles. The number of benzene rings is 1. The van der Waals surface area contributed by atoms with E-state index < -0.39 is 85.6 Å². The lowest BCUT2D eigenvalue weighted by molar-refractivity contribution is -0.148. The molecule has 12 heteroatoms. The summed E-state index contributed by atoms with van der Waals surface area (Å²) >= 11 is 0. The molecule has 0 spiro atoms. The zero-order valence-corrected chi connectivity index (χ0v) is 13.0. The van der Waals surface area contributed by atoms with Crippen LogP contribution < -0.4 is 0 Å². The fourth-order valence-electron chi connectivity index (χ4n) is 2.11. The van der Waals surface area contributed by atoms with Crippen molar-refractivity contribution in [3.8, 4) is 0 Å². The lowest BCUT2D eigenvalue weighted by atomic mass is 9.90. The Balaban J connectivity index is 3.38. The van der Waals surface area contributed by atoms with Gasteiger partial charge in [-0.05, 0) is 6.42 Å². The van der Waals surface area contributed by atoms with Crippen LogP contribution in [0.4, 0.5) is 22.0 Å². The number of carboxylic acid groups (broad SMARTS) is 2. The molecule has 0 saturated carbocycles. The summed E-state index contributed by atoms with van der Waals surface area (Å²) in [5.41, 5.74) is -1.57. The predicted molar refractivity (Wildman–Crippen MR) is 70.5 cm³/mol. The lowest BCUT2D eigenvalue weighted by Gasteiger charge is -2.27. The van der Waals surface area contributed by atoms with E-state index in [-0.39, 0.29) is 0 Å². The van der Waals surface area contributed by atoms with E-state index in [0.717, 1.165) is 0 Å². The minimum Gasteiger partial charge on any atom is -0.481 e. The van der Waals surface area contributed by atoms with E-state index in [1.165, 1.54) is 0 Å². The number of aliphatic hydroxyl groups is 1. The van der Waals surface area contributed by atoms with Gasteiger partial charge in [0.25, 0.3) is 0 Å². The van der Waals surface area contributed by atoms with Crippen LogP contribution in [-0.2, 0) is 20.6 Å². The summed E-state index contributed by atoms with van der Waals surface area (Å²) in [5.74, 6) is -17.2. The zero-order chi connectivity index (χ0) is 19.5. The quantitative estimate of drug-likeness (QED) is 0.273. The maximum absolute atomic E-state index is 13.7. The summed E-state index contributed by atoms with van der Waals surface area (Å²) in [5, 5.41) is 24.7. The van der Waals surface area contributed by atoms with Gasteiger partial charge in [-0.15, -0.1) is 0 Å². The van der Waals surface area contributed by atoms with Gasteiger partial charge in [0.05, 0.1) is 5.92 Å². The minimum absolute atomic E-state index is 0.800. The molecule has 1 aromatic carbocycles. The summed E-state index contributed by atoms with van der Waals surface area (Å²) in [6.07, 6.45) is -3.13. The molecule has 0 aliphatic heterocycles. The number of carbonyl (C=O) groups is 2. The van der Waals surface area contributed by atoms with E-state index in [2.05, 4.69) is 0 Å². The molecule has 3 N–H and O–H groups in total. The number of hydrogen-bond donors (Lipinski definition) is 3. The van der Waals surface area contributed by atoms with Crippen LogP contribution in [0, 0.1) is 35.0 Å². The van der Waals surface area contributed by atoms with Crippen molar-refractivity contribution in [2.45, 2.75) is 24.6 Å². The summed E-state index contributed by atoms with van der Waals surface area (Å²) in [7, 11) is -1.40. The molecular weight excluding hydrogens is 378 g/mol. The van der Waals surface area contributed by atoms with Crippen molar-refractivity contribution in [2.24, 2.45) is 5.92 Å². The van der Waals surface area contributed by atoms with Crippen molar-refractivity contribution in [3.63, 3.8) is 0 Å². The predicted octanol–water partition coefficient (Wildman–Crippen LogP) is 2.47. The van der Waals surface area contributed by atoms with Gasteiger partial charge in [0.2, 0.25) is 5.82 Å². The van der Waals surface area contributed by atoms with Crippen LogP contribution >= 0.6 is 8.46 Å². The van der Waals surface area contributed by atoms with E-state index in [4.69, 9.17) is 10.2 Å². The molecule has 0 saturated heterocycles. The smallest absolute Gasteiger partial charge is 0.310 e. The number of aliphatic carboxylic acids is 2. The van der Waals surface area contributed by atoms with E-state index in [1.54, 1.807) is 0 Å². The van der Waals surface area contributed by atoms with Crippen LogP contribution in [0.15, 0.2) is 0 Å². The van der Waals surface area contributed by atoms with Gasteiger partial charge in [0.15, 0.2) is 37.1 Å². The van der Waals surface area contributed by atoms with Crippen molar-refractivity contribution < 1.29 is 51.4 Å². The standard InChI is InChI=1S/C13H10F5O6P/c14-7-4(8(15)10(17)11(18)9(7)16)3-13(23,25-24)5(12(21)22)1-2-6(19)20/h5,23H,1-3H2,(H,19,20)(H,21,22)/t5-,13?/m0/s1. The Hall–Kier alpha value is -2.13. The highest BCUT2D eigenvalue weighted by atomic mass is 31.1. The van der Waals surface area contributed by atoms with E-state index in [1.807, 2.05) is 0 Å². The fourth-order valence-corrected chi connectivity index (χ4v) is 2.69. The highest BCUT2D eigenvalue weighted by Gasteiger charge is 2.45. The molecule has 2 atom stereocenters. The highest BCUT2D eigenvalue weighted by Crippen LogP contribution is 2.38. The third kappa shape index (κ3) is 4.29. The lowest BCUT2D eigenvalue weighted by Crippen LogP contribution is -2.40. The fraction of sp³-hybridized carbons (Fsp3) is 0.385. The summed E-state index contributed by atoms with van der Waals surface area (Å²) < 4.78 is 77.9. The second-order valence-electron chi connectivity index (χ2n) is 5.02. The summed E-state index contributed by atoms with van der Waals surface area (Å²) in [6.45, 7) is 0. The van der Waals surface area contributed by atoms with Gasteiger partial charge in [-0.1, -0.05) is 0 Å². The Morgan fingerprint density at radius 1 is 0.960 bits per heavy atom. The maximum atomic E-state index is 13.7. The Morgan fingerprint density at radius 3 is 1.76 bits per heavy atom.